The first-order valence-electron chi connectivity index (χ1n) is 5.49. The van der Waals surface area contributed by atoms with Gasteiger partial charge in [0.2, 0.25) is 0 Å². The van der Waals surface area contributed by atoms with Gasteiger partial charge in [-0.1, -0.05) is 28.1 Å². The van der Waals surface area contributed by atoms with Gasteiger partial charge in [0.15, 0.2) is 5.82 Å². The molecule has 2 aromatic rings. The van der Waals surface area contributed by atoms with Crippen molar-refractivity contribution < 1.29 is 9.13 Å². The van der Waals surface area contributed by atoms with Crippen LogP contribution in [0.3, 0.4) is 0 Å². The van der Waals surface area contributed by atoms with Gasteiger partial charge < -0.3 is 9.30 Å². The molecule has 96 valence electrons. The summed E-state index contributed by atoms with van der Waals surface area (Å²) in [6, 6.07) is 6.33. The van der Waals surface area contributed by atoms with Gasteiger partial charge >= 0.3 is 0 Å². The number of benzene rings is 1. The fourth-order valence-corrected chi connectivity index (χ4v) is 2.11. The number of alkyl halides is 1. The number of rotatable bonds is 5. The van der Waals surface area contributed by atoms with E-state index in [1.54, 1.807) is 13.2 Å². The van der Waals surface area contributed by atoms with E-state index in [0.29, 0.717) is 29.9 Å². The van der Waals surface area contributed by atoms with Crippen molar-refractivity contribution in [2.45, 2.75) is 11.9 Å². The monoisotopic (exact) mass is 313 g/mol. The van der Waals surface area contributed by atoms with Crippen LogP contribution in [-0.2, 0) is 16.6 Å². The molecule has 1 heterocycles. The second-order valence-corrected chi connectivity index (χ2v) is 4.29. The normalized spacial score (nSPS) is 10.8. The number of hydrogen-bond donors (Lipinski definition) is 0. The third-order valence-corrected chi connectivity index (χ3v) is 3.05. The Kier molecular flexibility index (Phi) is 4.43. The van der Waals surface area contributed by atoms with E-state index in [1.807, 2.05) is 10.6 Å². The minimum atomic E-state index is -0.283. The number of aromatic nitrogens is 3. The summed E-state index contributed by atoms with van der Waals surface area (Å²) in [6.45, 7) is 1.19. The van der Waals surface area contributed by atoms with E-state index in [1.165, 1.54) is 12.1 Å². The maximum Gasteiger partial charge on any atom is 0.164 e. The Balaban J connectivity index is 2.40. The zero-order valence-corrected chi connectivity index (χ0v) is 11.5. The van der Waals surface area contributed by atoms with Gasteiger partial charge in [-0.25, -0.2) is 4.39 Å². The van der Waals surface area contributed by atoms with Crippen molar-refractivity contribution in [2.24, 2.45) is 0 Å². The molecule has 0 aliphatic rings. The van der Waals surface area contributed by atoms with E-state index in [4.69, 9.17) is 4.74 Å². The molecule has 0 amide bonds. The van der Waals surface area contributed by atoms with Crippen molar-refractivity contribution >= 4 is 15.9 Å². The average molecular weight is 314 g/mol. The molecule has 1 aromatic heterocycles. The summed E-state index contributed by atoms with van der Waals surface area (Å²) < 4.78 is 20.2. The molecule has 0 aliphatic carbocycles. The van der Waals surface area contributed by atoms with Crippen molar-refractivity contribution in [3.8, 4) is 11.4 Å². The fourth-order valence-electron chi connectivity index (χ4n) is 1.69. The zero-order valence-electron chi connectivity index (χ0n) is 9.94. The maximum atomic E-state index is 13.2. The van der Waals surface area contributed by atoms with Crippen molar-refractivity contribution in [1.82, 2.24) is 14.8 Å². The lowest BCUT2D eigenvalue weighted by molar-refractivity contribution is 0.187. The summed E-state index contributed by atoms with van der Waals surface area (Å²) in [4.78, 5) is 0. The van der Waals surface area contributed by atoms with Crippen LogP contribution in [0.25, 0.3) is 11.4 Å². The summed E-state index contributed by atoms with van der Waals surface area (Å²) in [5.41, 5.74) is 0.714. The second-order valence-electron chi connectivity index (χ2n) is 3.73. The van der Waals surface area contributed by atoms with Crippen LogP contribution >= 0.6 is 15.9 Å². The van der Waals surface area contributed by atoms with Crippen LogP contribution in [0, 0.1) is 5.82 Å². The number of nitrogens with zero attached hydrogens (tertiary/aromatic N) is 3. The highest BCUT2D eigenvalue weighted by molar-refractivity contribution is 9.08. The lowest BCUT2D eigenvalue weighted by Crippen LogP contribution is -2.09. The standard InChI is InChI=1S/C12H13BrFN3O/c1-18-6-5-17-11(8-13)15-16-12(17)9-3-2-4-10(14)7-9/h2-4,7H,5-6,8H2,1H3. The molecule has 4 nitrogen and oxygen atoms in total. The van der Waals surface area contributed by atoms with E-state index in [9.17, 15) is 4.39 Å². The smallest absolute Gasteiger partial charge is 0.164 e. The van der Waals surface area contributed by atoms with Crippen molar-refractivity contribution in [3.05, 3.63) is 35.9 Å². The first kappa shape index (κ1) is 13.2. The lowest BCUT2D eigenvalue weighted by atomic mass is 10.2. The van der Waals surface area contributed by atoms with E-state index >= 15 is 0 Å². The van der Waals surface area contributed by atoms with E-state index in [-0.39, 0.29) is 5.82 Å². The lowest BCUT2D eigenvalue weighted by Gasteiger charge is -2.08. The molecular weight excluding hydrogens is 301 g/mol. The van der Waals surface area contributed by atoms with Crippen LogP contribution in [-0.4, -0.2) is 28.5 Å². The molecule has 1 aromatic carbocycles. The molecule has 0 saturated carbocycles. The summed E-state index contributed by atoms with van der Waals surface area (Å²) in [6.07, 6.45) is 0. The molecular formula is C12H13BrFN3O. The van der Waals surface area contributed by atoms with Crippen LogP contribution in [0.4, 0.5) is 4.39 Å². The van der Waals surface area contributed by atoms with Crippen molar-refractivity contribution in [1.29, 1.82) is 0 Å². The van der Waals surface area contributed by atoms with Gasteiger partial charge in [0.25, 0.3) is 0 Å². The third-order valence-electron chi connectivity index (χ3n) is 2.55. The van der Waals surface area contributed by atoms with E-state index in [0.717, 1.165) is 5.82 Å². The average Bonchev–Trinajstić information content (AvgIpc) is 2.79. The SMILES string of the molecule is COCCn1c(CBr)nnc1-c1cccc(F)c1. The minimum Gasteiger partial charge on any atom is -0.383 e. The molecule has 0 N–H and O–H groups in total. The highest BCUT2D eigenvalue weighted by Crippen LogP contribution is 2.20. The van der Waals surface area contributed by atoms with Crippen LogP contribution in [0.15, 0.2) is 24.3 Å². The number of methoxy groups -OCH3 is 1. The number of hydrogen-bond acceptors (Lipinski definition) is 3. The molecule has 0 unspecified atom stereocenters. The summed E-state index contributed by atoms with van der Waals surface area (Å²) in [5, 5.41) is 8.79. The molecule has 0 fully saturated rings. The van der Waals surface area contributed by atoms with Gasteiger partial charge in [-0.15, -0.1) is 10.2 Å². The number of ether oxygens (including phenoxy) is 1. The van der Waals surface area contributed by atoms with Crippen LogP contribution < -0.4 is 0 Å². The summed E-state index contributed by atoms with van der Waals surface area (Å²) >= 11 is 3.36. The predicted molar refractivity (Wildman–Crippen MR) is 69.9 cm³/mol. The van der Waals surface area contributed by atoms with Crippen molar-refractivity contribution in [2.75, 3.05) is 13.7 Å². The number of halogens is 2. The van der Waals surface area contributed by atoms with E-state index in [2.05, 4.69) is 26.1 Å². The molecule has 0 aliphatic heterocycles. The quantitative estimate of drug-likeness (QED) is 0.797. The topological polar surface area (TPSA) is 39.9 Å². The van der Waals surface area contributed by atoms with Crippen LogP contribution in [0.5, 0.6) is 0 Å². The Bertz CT molecular complexity index is 530. The molecule has 0 radical (unpaired) electrons. The molecule has 0 saturated heterocycles. The molecule has 2 rings (SSSR count). The van der Waals surface area contributed by atoms with Gasteiger partial charge in [0.1, 0.15) is 11.6 Å². The van der Waals surface area contributed by atoms with Crippen LogP contribution in [0.1, 0.15) is 5.82 Å². The highest BCUT2D eigenvalue weighted by Gasteiger charge is 2.13. The summed E-state index contributed by atoms with van der Waals surface area (Å²) in [5.74, 6) is 1.17. The Morgan fingerprint density at radius 2 is 2.22 bits per heavy atom. The summed E-state index contributed by atoms with van der Waals surface area (Å²) in [7, 11) is 1.64. The fraction of sp³-hybridized carbons (Fsp3) is 0.333. The minimum absolute atomic E-state index is 0.283. The highest BCUT2D eigenvalue weighted by atomic mass is 79.9. The van der Waals surface area contributed by atoms with Gasteiger partial charge in [0, 0.05) is 19.2 Å². The van der Waals surface area contributed by atoms with Crippen molar-refractivity contribution in [3.63, 3.8) is 0 Å². The maximum absolute atomic E-state index is 13.2. The Morgan fingerprint density at radius 3 is 2.89 bits per heavy atom. The Hall–Kier alpha value is -1.27. The van der Waals surface area contributed by atoms with E-state index < -0.39 is 0 Å². The molecule has 0 atom stereocenters. The zero-order chi connectivity index (χ0) is 13.0. The third kappa shape index (κ3) is 2.76. The largest absolute Gasteiger partial charge is 0.383 e. The van der Waals surface area contributed by atoms with Gasteiger partial charge in [-0.2, -0.15) is 0 Å². The Morgan fingerprint density at radius 1 is 1.39 bits per heavy atom. The van der Waals surface area contributed by atoms with Gasteiger partial charge in [-0.3, -0.25) is 0 Å². The first-order chi connectivity index (χ1) is 8.76. The molecule has 0 bridgehead atoms. The van der Waals surface area contributed by atoms with Gasteiger partial charge in [0.05, 0.1) is 11.9 Å². The van der Waals surface area contributed by atoms with Crippen LogP contribution in [0.2, 0.25) is 0 Å². The van der Waals surface area contributed by atoms with Gasteiger partial charge in [-0.05, 0) is 12.1 Å². The Labute approximate surface area is 113 Å². The predicted octanol–water partition coefficient (Wildman–Crippen LogP) is 2.63. The molecule has 6 heteroatoms. The first-order valence-corrected chi connectivity index (χ1v) is 6.61. The second kappa shape index (κ2) is 6.06. The molecule has 18 heavy (non-hydrogen) atoms. The molecule has 0 spiro atoms.